The van der Waals surface area contributed by atoms with E-state index in [9.17, 15) is 0 Å². The third-order valence-electron chi connectivity index (χ3n) is 4.17. The van der Waals surface area contributed by atoms with Crippen molar-refractivity contribution in [3.05, 3.63) is 64.9 Å². The third kappa shape index (κ3) is 2.96. The number of fused-ring (bicyclic) bond motifs is 1. The highest BCUT2D eigenvalue weighted by Crippen LogP contribution is 2.32. The summed E-state index contributed by atoms with van der Waals surface area (Å²) in [6.07, 6.45) is 4.48. The molecule has 0 N–H and O–H groups in total. The fourth-order valence-corrected chi connectivity index (χ4v) is 3.59. The summed E-state index contributed by atoms with van der Waals surface area (Å²) in [5.41, 5.74) is 4.07. The Balaban J connectivity index is 1.87. The predicted octanol–water partition coefficient (Wildman–Crippen LogP) is 5.88. The molecular formula is C20H16Cl2N4. The van der Waals surface area contributed by atoms with E-state index < -0.39 is 0 Å². The van der Waals surface area contributed by atoms with Crippen LogP contribution in [0.15, 0.2) is 54.9 Å². The minimum Gasteiger partial charge on any atom is -0.323 e. The van der Waals surface area contributed by atoms with Crippen LogP contribution in [-0.2, 0) is 6.54 Å². The lowest BCUT2D eigenvalue weighted by atomic mass is 10.2. The highest BCUT2D eigenvalue weighted by atomic mass is 35.5. The largest absolute Gasteiger partial charge is 0.323 e. The topological polar surface area (TPSA) is 43.6 Å². The molecule has 4 nitrogen and oxygen atoms in total. The molecule has 0 spiro atoms. The number of halogens is 2. The van der Waals surface area contributed by atoms with Crippen molar-refractivity contribution in [1.29, 1.82) is 0 Å². The standard InChI is InChI=1S/C20H16Cl2N4/c1-2-10-26-19-14(21)6-5-8-17(19)25-20(26)13-11-15(22)18(24-12-13)16-7-3-4-9-23-16/h3-9,11-12H,2,10H2,1H3. The van der Waals surface area contributed by atoms with Crippen LogP contribution in [0.5, 0.6) is 0 Å². The molecule has 0 radical (unpaired) electrons. The predicted molar refractivity (Wildman–Crippen MR) is 107 cm³/mol. The summed E-state index contributed by atoms with van der Waals surface area (Å²) < 4.78 is 2.13. The third-order valence-corrected chi connectivity index (χ3v) is 4.76. The Hall–Kier alpha value is -2.43. The number of para-hydroxylation sites is 1. The normalized spacial score (nSPS) is 11.2. The number of nitrogens with zero attached hydrogens (tertiary/aromatic N) is 4. The van der Waals surface area contributed by atoms with Gasteiger partial charge in [-0.2, -0.15) is 0 Å². The van der Waals surface area contributed by atoms with E-state index in [1.807, 2.05) is 42.5 Å². The van der Waals surface area contributed by atoms with Crippen LogP contribution in [0, 0.1) is 0 Å². The highest BCUT2D eigenvalue weighted by Gasteiger charge is 2.16. The van der Waals surface area contributed by atoms with Crippen LogP contribution in [0.25, 0.3) is 33.8 Å². The zero-order valence-corrected chi connectivity index (χ0v) is 15.7. The smallest absolute Gasteiger partial charge is 0.142 e. The van der Waals surface area contributed by atoms with Gasteiger partial charge in [-0.05, 0) is 36.8 Å². The first-order chi connectivity index (χ1) is 12.7. The van der Waals surface area contributed by atoms with Crippen LogP contribution in [-0.4, -0.2) is 19.5 Å². The number of hydrogen-bond donors (Lipinski definition) is 0. The second kappa shape index (κ2) is 7.06. The fraction of sp³-hybridized carbons (Fsp3) is 0.150. The van der Waals surface area contributed by atoms with Gasteiger partial charge in [-0.15, -0.1) is 0 Å². The molecule has 0 aliphatic carbocycles. The van der Waals surface area contributed by atoms with Crippen molar-refractivity contribution >= 4 is 34.2 Å². The minimum absolute atomic E-state index is 0.544. The summed E-state index contributed by atoms with van der Waals surface area (Å²) in [4.78, 5) is 13.6. The Bertz CT molecular complexity index is 1070. The molecule has 1 aromatic carbocycles. The van der Waals surface area contributed by atoms with Gasteiger partial charge in [0, 0.05) is 24.5 Å². The Morgan fingerprint density at radius 2 is 1.88 bits per heavy atom. The van der Waals surface area contributed by atoms with Crippen molar-refractivity contribution in [3.8, 4) is 22.8 Å². The highest BCUT2D eigenvalue weighted by molar-refractivity contribution is 6.35. The maximum Gasteiger partial charge on any atom is 0.142 e. The van der Waals surface area contributed by atoms with Crippen molar-refractivity contribution in [3.63, 3.8) is 0 Å². The van der Waals surface area contributed by atoms with Gasteiger partial charge >= 0.3 is 0 Å². The van der Waals surface area contributed by atoms with Gasteiger partial charge < -0.3 is 4.57 Å². The summed E-state index contributed by atoms with van der Waals surface area (Å²) in [5.74, 6) is 0.817. The van der Waals surface area contributed by atoms with Gasteiger partial charge in [0.25, 0.3) is 0 Å². The van der Waals surface area contributed by atoms with Crippen molar-refractivity contribution in [2.45, 2.75) is 19.9 Å². The Labute approximate surface area is 161 Å². The van der Waals surface area contributed by atoms with E-state index in [1.165, 1.54) is 0 Å². The molecule has 0 fully saturated rings. The second-order valence-corrected chi connectivity index (χ2v) is 6.78. The SMILES string of the molecule is CCCn1c(-c2cnc(-c3ccccn3)c(Cl)c2)nc2cccc(Cl)c21. The van der Waals surface area contributed by atoms with Gasteiger partial charge in [0.1, 0.15) is 11.5 Å². The lowest BCUT2D eigenvalue weighted by molar-refractivity contribution is 0.704. The van der Waals surface area contributed by atoms with Crippen LogP contribution in [0.2, 0.25) is 10.0 Å². The summed E-state index contributed by atoms with van der Waals surface area (Å²) in [7, 11) is 0. The first-order valence-corrected chi connectivity index (χ1v) is 9.16. The van der Waals surface area contributed by atoms with E-state index in [2.05, 4.69) is 21.5 Å². The summed E-state index contributed by atoms with van der Waals surface area (Å²) in [6, 6.07) is 13.3. The monoisotopic (exact) mass is 382 g/mol. The maximum absolute atomic E-state index is 6.51. The first kappa shape index (κ1) is 17.0. The first-order valence-electron chi connectivity index (χ1n) is 8.41. The molecular weight excluding hydrogens is 367 g/mol. The molecule has 0 aliphatic heterocycles. The number of pyridine rings is 2. The minimum atomic E-state index is 0.544. The van der Waals surface area contributed by atoms with Crippen LogP contribution in [0.4, 0.5) is 0 Å². The van der Waals surface area contributed by atoms with Crippen molar-refractivity contribution in [2.24, 2.45) is 0 Å². The van der Waals surface area contributed by atoms with Gasteiger partial charge in [0.05, 0.1) is 26.8 Å². The zero-order valence-electron chi connectivity index (χ0n) is 14.2. The second-order valence-electron chi connectivity index (χ2n) is 5.96. The number of rotatable bonds is 4. The van der Waals surface area contributed by atoms with E-state index in [0.717, 1.165) is 41.1 Å². The number of benzene rings is 1. The number of aryl methyl sites for hydroxylation is 1. The van der Waals surface area contributed by atoms with Gasteiger partial charge in [-0.3, -0.25) is 9.97 Å². The molecule has 0 atom stereocenters. The van der Waals surface area contributed by atoms with Crippen molar-refractivity contribution in [2.75, 3.05) is 0 Å². The van der Waals surface area contributed by atoms with Crippen LogP contribution in [0.3, 0.4) is 0 Å². The molecule has 4 rings (SSSR count). The fourth-order valence-electron chi connectivity index (χ4n) is 3.05. The summed E-state index contributed by atoms with van der Waals surface area (Å²) in [5, 5.41) is 1.24. The molecule has 0 aliphatic rings. The van der Waals surface area contributed by atoms with Crippen LogP contribution in [0.1, 0.15) is 13.3 Å². The molecule has 0 bridgehead atoms. The summed E-state index contributed by atoms with van der Waals surface area (Å²) >= 11 is 12.9. The van der Waals surface area contributed by atoms with E-state index in [1.54, 1.807) is 12.4 Å². The molecule has 0 saturated heterocycles. The van der Waals surface area contributed by atoms with E-state index in [-0.39, 0.29) is 0 Å². The maximum atomic E-state index is 6.51. The lowest BCUT2D eigenvalue weighted by Crippen LogP contribution is -2.01. The zero-order chi connectivity index (χ0) is 18.1. The van der Waals surface area contributed by atoms with E-state index >= 15 is 0 Å². The molecule has 0 amide bonds. The quantitative estimate of drug-likeness (QED) is 0.442. The molecule has 0 saturated carbocycles. The van der Waals surface area contributed by atoms with Crippen LogP contribution < -0.4 is 0 Å². The molecule has 3 heterocycles. The van der Waals surface area contributed by atoms with Gasteiger partial charge in [-0.25, -0.2) is 4.98 Å². The molecule has 130 valence electrons. The van der Waals surface area contributed by atoms with Crippen LogP contribution >= 0.6 is 23.2 Å². The Kier molecular flexibility index (Phi) is 4.62. The van der Waals surface area contributed by atoms with E-state index in [0.29, 0.717) is 15.7 Å². The summed E-state index contributed by atoms with van der Waals surface area (Å²) in [6.45, 7) is 2.94. The Morgan fingerprint density at radius 1 is 1.00 bits per heavy atom. The van der Waals surface area contributed by atoms with Crippen molar-refractivity contribution < 1.29 is 0 Å². The number of hydrogen-bond acceptors (Lipinski definition) is 3. The lowest BCUT2D eigenvalue weighted by Gasteiger charge is -2.10. The molecule has 26 heavy (non-hydrogen) atoms. The van der Waals surface area contributed by atoms with E-state index in [4.69, 9.17) is 28.2 Å². The van der Waals surface area contributed by atoms with Gasteiger partial charge in [0.15, 0.2) is 0 Å². The average Bonchev–Trinajstić information content (AvgIpc) is 3.03. The van der Waals surface area contributed by atoms with Crippen molar-refractivity contribution in [1.82, 2.24) is 19.5 Å². The molecule has 6 heteroatoms. The molecule has 3 aromatic heterocycles. The Morgan fingerprint density at radius 3 is 2.62 bits per heavy atom. The number of aromatic nitrogens is 4. The van der Waals surface area contributed by atoms with Gasteiger partial charge in [-0.1, -0.05) is 42.3 Å². The average molecular weight is 383 g/mol. The van der Waals surface area contributed by atoms with Gasteiger partial charge in [0.2, 0.25) is 0 Å². The molecule has 0 unspecified atom stereocenters. The molecule has 4 aromatic rings. The number of imidazole rings is 1.